The first-order valence-corrected chi connectivity index (χ1v) is 7.87. The van der Waals surface area contributed by atoms with Gasteiger partial charge in [-0.3, -0.25) is 0 Å². The average molecular weight is 352 g/mol. The highest BCUT2D eigenvalue weighted by molar-refractivity contribution is 5.89. The molecule has 26 heavy (non-hydrogen) atoms. The average Bonchev–Trinajstić information content (AvgIpc) is 2.61. The molecular formula is C19H17FN4O2. The van der Waals surface area contributed by atoms with Crippen molar-refractivity contribution in [3.63, 3.8) is 0 Å². The summed E-state index contributed by atoms with van der Waals surface area (Å²) < 4.78 is 18.0. The summed E-state index contributed by atoms with van der Waals surface area (Å²) in [4.78, 5) is 20.1. The van der Waals surface area contributed by atoms with E-state index in [1.165, 1.54) is 19.2 Å². The Morgan fingerprint density at radius 2 is 1.62 bits per heavy atom. The molecule has 0 unspecified atom stereocenters. The molecule has 132 valence electrons. The van der Waals surface area contributed by atoms with Crippen molar-refractivity contribution < 1.29 is 13.9 Å². The molecule has 0 bridgehead atoms. The number of carbonyl (C=O) groups excluding carboxylic acids is 1. The number of aromatic nitrogens is 2. The van der Waals surface area contributed by atoms with Gasteiger partial charge in [-0.25, -0.2) is 19.2 Å². The van der Waals surface area contributed by atoms with Gasteiger partial charge in [-0.1, -0.05) is 6.07 Å². The van der Waals surface area contributed by atoms with E-state index in [1.807, 2.05) is 0 Å². The van der Waals surface area contributed by atoms with Crippen molar-refractivity contribution in [1.29, 1.82) is 0 Å². The smallest absolute Gasteiger partial charge is 0.337 e. The lowest BCUT2D eigenvalue weighted by Crippen LogP contribution is -2.03. The van der Waals surface area contributed by atoms with E-state index in [0.29, 0.717) is 28.7 Å². The van der Waals surface area contributed by atoms with Crippen LogP contribution in [0.15, 0.2) is 54.6 Å². The minimum absolute atomic E-state index is 0.329. The minimum Gasteiger partial charge on any atom is -0.465 e. The molecule has 0 amide bonds. The summed E-state index contributed by atoms with van der Waals surface area (Å²) in [5.41, 5.74) is 1.81. The van der Waals surface area contributed by atoms with Crippen molar-refractivity contribution in [2.75, 3.05) is 17.7 Å². The van der Waals surface area contributed by atoms with Gasteiger partial charge in [0.05, 0.1) is 12.7 Å². The Labute approximate surface area is 150 Å². The fourth-order valence-corrected chi connectivity index (χ4v) is 2.37. The van der Waals surface area contributed by atoms with E-state index in [9.17, 15) is 9.18 Å². The molecule has 6 nitrogen and oxygen atoms in total. The van der Waals surface area contributed by atoms with Gasteiger partial charge in [0.15, 0.2) is 0 Å². The fraction of sp³-hybridized carbons (Fsp3) is 0.105. The number of hydrogen-bond donors (Lipinski definition) is 2. The molecule has 0 aliphatic carbocycles. The lowest BCUT2D eigenvalue weighted by molar-refractivity contribution is 0.0601. The Morgan fingerprint density at radius 1 is 0.962 bits per heavy atom. The summed E-state index contributed by atoms with van der Waals surface area (Å²) >= 11 is 0. The van der Waals surface area contributed by atoms with Crippen molar-refractivity contribution in [1.82, 2.24) is 9.97 Å². The van der Waals surface area contributed by atoms with Crippen LogP contribution in [0.2, 0.25) is 0 Å². The van der Waals surface area contributed by atoms with Crippen LogP contribution in [0.3, 0.4) is 0 Å². The predicted molar refractivity (Wildman–Crippen MR) is 97.5 cm³/mol. The van der Waals surface area contributed by atoms with Crippen LogP contribution < -0.4 is 10.6 Å². The second-order valence-corrected chi connectivity index (χ2v) is 5.51. The molecule has 0 atom stereocenters. The molecule has 0 saturated heterocycles. The van der Waals surface area contributed by atoms with Crippen LogP contribution in [0.25, 0.3) is 0 Å². The van der Waals surface area contributed by atoms with Gasteiger partial charge >= 0.3 is 5.97 Å². The Bertz CT molecular complexity index is 929. The molecule has 1 heterocycles. The molecule has 0 radical (unpaired) electrons. The monoisotopic (exact) mass is 352 g/mol. The van der Waals surface area contributed by atoms with Crippen molar-refractivity contribution in [2.24, 2.45) is 0 Å². The summed E-state index contributed by atoms with van der Waals surface area (Å²) in [6.07, 6.45) is 0. The normalized spacial score (nSPS) is 10.3. The van der Waals surface area contributed by atoms with Gasteiger partial charge in [0.2, 0.25) is 0 Å². The largest absolute Gasteiger partial charge is 0.465 e. The maximum Gasteiger partial charge on any atom is 0.337 e. The number of rotatable bonds is 5. The number of aryl methyl sites for hydroxylation is 1. The zero-order chi connectivity index (χ0) is 18.5. The second kappa shape index (κ2) is 7.60. The molecule has 3 aromatic rings. The Kier molecular flexibility index (Phi) is 5.07. The first kappa shape index (κ1) is 17.3. The number of ether oxygens (including phenoxy) is 1. The quantitative estimate of drug-likeness (QED) is 0.670. The third-order valence-corrected chi connectivity index (χ3v) is 3.51. The number of carbonyl (C=O) groups is 1. The number of hydrogen-bond acceptors (Lipinski definition) is 6. The van der Waals surface area contributed by atoms with Gasteiger partial charge < -0.3 is 15.4 Å². The van der Waals surface area contributed by atoms with Crippen molar-refractivity contribution in [3.05, 3.63) is 71.8 Å². The lowest BCUT2D eigenvalue weighted by atomic mass is 10.2. The highest BCUT2D eigenvalue weighted by atomic mass is 19.1. The third-order valence-electron chi connectivity index (χ3n) is 3.51. The van der Waals surface area contributed by atoms with Gasteiger partial charge in [-0.05, 0) is 49.4 Å². The number of halogens is 1. The molecule has 0 saturated carbocycles. The van der Waals surface area contributed by atoms with Gasteiger partial charge in [-0.2, -0.15) is 0 Å². The minimum atomic E-state index is -0.393. The highest BCUT2D eigenvalue weighted by Gasteiger charge is 2.06. The van der Waals surface area contributed by atoms with Gasteiger partial charge in [0.25, 0.3) is 0 Å². The molecule has 0 aliphatic rings. The molecule has 0 spiro atoms. The molecule has 7 heteroatoms. The van der Waals surface area contributed by atoms with E-state index < -0.39 is 5.97 Å². The predicted octanol–water partition coefficient (Wildman–Crippen LogP) is 4.20. The fourth-order valence-electron chi connectivity index (χ4n) is 2.37. The molecule has 2 aromatic carbocycles. The van der Waals surface area contributed by atoms with Crippen LogP contribution in [0.4, 0.5) is 27.4 Å². The van der Waals surface area contributed by atoms with Gasteiger partial charge in [0, 0.05) is 17.4 Å². The Balaban J connectivity index is 1.78. The molecule has 0 aliphatic heterocycles. The number of methoxy groups -OCH3 is 1. The zero-order valence-corrected chi connectivity index (χ0v) is 14.3. The Hall–Kier alpha value is -3.48. The first-order chi connectivity index (χ1) is 12.5. The highest BCUT2D eigenvalue weighted by Crippen LogP contribution is 2.21. The maximum atomic E-state index is 13.3. The summed E-state index contributed by atoms with van der Waals surface area (Å²) in [6, 6.07) is 14.7. The summed E-state index contributed by atoms with van der Waals surface area (Å²) in [6.45, 7) is 1.77. The number of nitrogens with one attached hydrogen (secondary N) is 2. The molecule has 3 rings (SSSR count). The number of nitrogens with zero attached hydrogens (tertiary/aromatic N) is 2. The van der Waals surface area contributed by atoms with Crippen LogP contribution in [-0.4, -0.2) is 23.0 Å². The molecule has 1 aromatic heterocycles. The van der Waals surface area contributed by atoms with E-state index in [4.69, 9.17) is 0 Å². The van der Waals surface area contributed by atoms with Crippen LogP contribution >= 0.6 is 0 Å². The number of benzene rings is 2. The van der Waals surface area contributed by atoms with E-state index in [1.54, 1.807) is 49.4 Å². The number of anilines is 4. The van der Waals surface area contributed by atoms with E-state index in [-0.39, 0.29) is 5.82 Å². The standard InChI is InChI=1S/C19H17FN4O2/c1-12-21-17(23-15-8-6-13(7-9-15)19(25)26-2)11-18(22-12)24-16-5-3-4-14(20)10-16/h3-11H,1-2H3,(H2,21,22,23,24). The second-order valence-electron chi connectivity index (χ2n) is 5.51. The topological polar surface area (TPSA) is 76.1 Å². The van der Waals surface area contributed by atoms with Gasteiger partial charge in [-0.15, -0.1) is 0 Å². The first-order valence-electron chi connectivity index (χ1n) is 7.87. The van der Waals surface area contributed by atoms with Gasteiger partial charge in [0.1, 0.15) is 23.3 Å². The molecule has 0 fully saturated rings. The summed E-state index contributed by atoms with van der Waals surface area (Å²) in [7, 11) is 1.34. The number of esters is 1. The third kappa shape index (κ3) is 4.32. The lowest BCUT2D eigenvalue weighted by Gasteiger charge is -2.10. The van der Waals surface area contributed by atoms with Crippen LogP contribution in [0.1, 0.15) is 16.2 Å². The summed E-state index contributed by atoms with van der Waals surface area (Å²) in [5, 5.41) is 6.20. The van der Waals surface area contributed by atoms with E-state index in [2.05, 4.69) is 25.3 Å². The SMILES string of the molecule is COC(=O)c1ccc(Nc2cc(Nc3cccc(F)c3)nc(C)n2)cc1. The van der Waals surface area contributed by atoms with Crippen LogP contribution in [0.5, 0.6) is 0 Å². The van der Waals surface area contributed by atoms with E-state index in [0.717, 1.165) is 5.69 Å². The Morgan fingerprint density at radius 3 is 2.23 bits per heavy atom. The van der Waals surface area contributed by atoms with E-state index >= 15 is 0 Å². The van der Waals surface area contributed by atoms with Crippen LogP contribution in [0, 0.1) is 12.7 Å². The maximum absolute atomic E-state index is 13.3. The summed E-state index contributed by atoms with van der Waals surface area (Å²) in [5.74, 6) is 0.944. The van der Waals surface area contributed by atoms with Crippen molar-refractivity contribution >= 4 is 29.0 Å². The van der Waals surface area contributed by atoms with Crippen molar-refractivity contribution in [3.8, 4) is 0 Å². The zero-order valence-electron chi connectivity index (χ0n) is 14.3. The van der Waals surface area contributed by atoms with Crippen molar-refractivity contribution in [2.45, 2.75) is 6.92 Å². The van der Waals surface area contributed by atoms with Crippen LogP contribution in [-0.2, 0) is 4.74 Å². The molecule has 2 N–H and O–H groups in total. The molecular weight excluding hydrogens is 335 g/mol.